The number of hydrogen-bond acceptors (Lipinski definition) is 5. The fourth-order valence-corrected chi connectivity index (χ4v) is 10.3. The third kappa shape index (κ3) is 72.3. The van der Waals surface area contributed by atoms with Crippen LogP contribution >= 0.6 is 0 Å². The molecule has 0 aromatic carbocycles. The molecule has 0 radical (unpaired) electrons. The highest BCUT2D eigenvalue weighted by atomic mass is 16.6. The molecule has 0 fully saturated rings. The Morgan fingerprint density at radius 3 is 0.698 bits per heavy atom. The van der Waals surface area contributed by atoms with E-state index in [2.05, 4.69) is 160 Å². The summed E-state index contributed by atoms with van der Waals surface area (Å²) >= 11 is 0. The summed E-state index contributed by atoms with van der Waals surface area (Å²) in [5, 5.41) is 9.72. The quantitative estimate of drug-likeness (QED) is 0.0373. The first-order valence-electron chi connectivity index (χ1n) is 36.4. The van der Waals surface area contributed by atoms with Crippen molar-refractivity contribution in [3.05, 3.63) is 146 Å². The van der Waals surface area contributed by atoms with Gasteiger partial charge in [-0.15, -0.1) is 0 Å². The van der Waals surface area contributed by atoms with Crippen LogP contribution in [-0.2, 0) is 19.1 Å². The molecule has 0 rings (SSSR count). The van der Waals surface area contributed by atoms with E-state index >= 15 is 0 Å². The highest BCUT2D eigenvalue weighted by molar-refractivity contribution is 5.70. The number of hydrogen-bond donors (Lipinski definition) is 1. The molecule has 1 atom stereocenters. The van der Waals surface area contributed by atoms with Gasteiger partial charge in [-0.3, -0.25) is 9.59 Å². The minimum absolute atomic E-state index is 0.0683. The number of unbranched alkanes of at least 4 members (excludes halogenated alkanes) is 34. The van der Waals surface area contributed by atoms with Crippen molar-refractivity contribution in [2.75, 3.05) is 13.2 Å². The van der Waals surface area contributed by atoms with Gasteiger partial charge in [0.25, 0.3) is 0 Å². The smallest absolute Gasteiger partial charge is 0.306 e. The van der Waals surface area contributed by atoms with Crippen LogP contribution in [0.4, 0.5) is 0 Å². The molecular formula is C81H136O5. The van der Waals surface area contributed by atoms with Crippen LogP contribution in [0.1, 0.15) is 335 Å². The number of carbonyl (C=O) groups is 2. The van der Waals surface area contributed by atoms with Crippen LogP contribution in [0.25, 0.3) is 0 Å². The van der Waals surface area contributed by atoms with Gasteiger partial charge in [0.15, 0.2) is 6.10 Å². The standard InChI is InChI=1S/C81H136O5/c1-3-5-7-9-11-13-15-17-19-21-23-25-27-29-31-33-35-37-39-40-42-44-46-48-50-52-54-56-58-60-62-64-66-68-70-72-74-76-81(84)86-79(77-82)78-85-80(83)75-73-71-69-67-65-63-61-59-57-55-53-51-49-47-45-43-41-38-36-34-32-30-28-26-24-22-20-18-16-14-12-10-8-6-4-2/h5-8,11-14,17-20,23-26,29-32,35-38,79,82H,3-4,9-10,15-16,21-22,27-28,33-34,39-78H2,1-2H3/b7-5-,8-6-,13-11-,14-12-,19-17-,20-18-,25-23-,26-24-,31-29-,32-30-,37-35-,38-36-. The lowest BCUT2D eigenvalue weighted by Crippen LogP contribution is -2.28. The van der Waals surface area contributed by atoms with Crippen molar-refractivity contribution in [1.29, 1.82) is 0 Å². The molecule has 0 heterocycles. The zero-order valence-corrected chi connectivity index (χ0v) is 56.3. The van der Waals surface area contributed by atoms with E-state index < -0.39 is 6.10 Å². The van der Waals surface area contributed by atoms with Crippen LogP contribution in [-0.4, -0.2) is 36.4 Å². The second kappa shape index (κ2) is 75.0. The van der Waals surface area contributed by atoms with Gasteiger partial charge in [0.1, 0.15) is 6.61 Å². The molecule has 0 spiro atoms. The first kappa shape index (κ1) is 81.8. The summed E-state index contributed by atoms with van der Waals surface area (Å²) in [4.78, 5) is 24.7. The Morgan fingerprint density at radius 2 is 0.465 bits per heavy atom. The average molecular weight is 1190 g/mol. The van der Waals surface area contributed by atoms with Gasteiger partial charge in [-0.05, 0) is 116 Å². The third-order valence-electron chi connectivity index (χ3n) is 15.6. The van der Waals surface area contributed by atoms with Crippen molar-refractivity contribution in [3.8, 4) is 0 Å². The molecule has 0 saturated carbocycles. The van der Waals surface area contributed by atoms with Gasteiger partial charge < -0.3 is 14.6 Å². The number of carbonyl (C=O) groups excluding carboxylic acids is 2. The predicted molar refractivity (Wildman–Crippen MR) is 380 cm³/mol. The number of ether oxygens (including phenoxy) is 2. The number of aliphatic hydroxyl groups excluding tert-OH is 1. The van der Waals surface area contributed by atoms with Gasteiger partial charge >= 0.3 is 11.9 Å². The fraction of sp³-hybridized carbons (Fsp3) is 0.679. The van der Waals surface area contributed by atoms with Gasteiger partial charge in [-0.1, -0.05) is 352 Å². The summed E-state index contributed by atoms with van der Waals surface area (Å²) in [7, 11) is 0. The maximum absolute atomic E-state index is 12.4. The molecule has 0 bridgehead atoms. The molecule has 0 amide bonds. The molecule has 0 aliphatic heterocycles. The van der Waals surface area contributed by atoms with Crippen molar-refractivity contribution < 1.29 is 24.2 Å². The second-order valence-electron chi connectivity index (χ2n) is 23.9. The Morgan fingerprint density at radius 1 is 0.267 bits per heavy atom. The first-order chi connectivity index (χ1) is 42.6. The monoisotopic (exact) mass is 1190 g/mol. The molecule has 0 aliphatic rings. The number of rotatable bonds is 66. The molecular weight excluding hydrogens is 1050 g/mol. The minimum Gasteiger partial charge on any atom is -0.462 e. The fourth-order valence-electron chi connectivity index (χ4n) is 10.3. The van der Waals surface area contributed by atoms with E-state index in [0.29, 0.717) is 12.8 Å². The summed E-state index contributed by atoms with van der Waals surface area (Å²) in [6, 6.07) is 0. The van der Waals surface area contributed by atoms with Gasteiger partial charge in [0.05, 0.1) is 6.61 Å². The van der Waals surface area contributed by atoms with Crippen molar-refractivity contribution in [2.45, 2.75) is 341 Å². The molecule has 86 heavy (non-hydrogen) atoms. The van der Waals surface area contributed by atoms with E-state index in [-0.39, 0.29) is 25.2 Å². The lowest BCUT2D eigenvalue weighted by Gasteiger charge is -2.15. The van der Waals surface area contributed by atoms with Crippen molar-refractivity contribution in [2.24, 2.45) is 0 Å². The highest BCUT2D eigenvalue weighted by Crippen LogP contribution is 2.18. The molecule has 0 aromatic rings. The molecule has 1 unspecified atom stereocenters. The molecule has 1 N–H and O–H groups in total. The van der Waals surface area contributed by atoms with E-state index in [0.717, 1.165) is 116 Å². The number of aliphatic hydroxyl groups is 1. The van der Waals surface area contributed by atoms with Gasteiger partial charge in [-0.25, -0.2) is 0 Å². The van der Waals surface area contributed by atoms with Crippen LogP contribution < -0.4 is 0 Å². The number of allylic oxidation sites excluding steroid dienone is 24. The van der Waals surface area contributed by atoms with E-state index in [9.17, 15) is 14.7 Å². The predicted octanol–water partition coefficient (Wildman–Crippen LogP) is 25.7. The number of esters is 2. The zero-order valence-electron chi connectivity index (χ0n) is 56.3. The van der Waals surface area contributed by atoms with E-state index in [4.69, 9.17) is 9.47 Å². The molecule has 0 aromatic heterocycles. The Bertz CT molecular complexity index is 1780. The summed E-state index contributed by atoms with van der Waals surface area (Å²) in [6.45, 7) is 3.94. The van der Waals surface area contributed by atoms with Gasteiger partial charge in [0.2, 0.25) is 0 Å². The van der Waals surface area contributed by atoms with Crippen LogP contribution in [0.2, 0.25) is 0 Å². The Kier molecular flexibility index (Phi) is 71.3. The van der Waals surface area contributed by atoms with Crippen LogP contribution in [0.3, 0.4) is 0 Å². The maximum Gasteiger partial charge on any atom is 0.306 e. The molecule has 5 nitrogen and oxygen atoms in total. The SMILES string of the molecule is CC/C=C\C/C=C\C/C=C\C/C=C\C/C=C\C/C=C\CCCCCCCCCCCCCCCCCCCCC(=O)OC(CO)COC(=O)CCCCCCCCCCCCCCCCCC/C=C\C/C=C\C/C=C\C/C=C\C/C=C\C/C=C\CC. The lowest BCUT2D eigenvalue weighted by molar-refractivity contribution is -0.161. The Labute approximate surface area is 533 Å². The van der Waals surface area contributed by atoms with Gasteiger partial charge in [-0.2, -0.15) is 0 Å². The summed E-state index contributed by atoms with van der Waals surface area (Å²) in [6.07, 6.45) is 113. The third-order valence-corrected chi connectivity index (χ3v) is 15.6. The van der Waals surface area contributed by atoms with E-state index in [1.807, 2.05) is 0 Å². The highest BCUT2D eigenvalue weighted by Gasteiger charge is 2.16. The summed E-state index contributed by atoms with van der Waals surface area (Å²) < 4.78 is 10.8. The second-order valence-corrected chi connectivity index (χ2v) is 23.9. The van der Waals surface area contributed by atoms with Crippen molar-refractivity contribution in [1.82, 2.24) is 0 Å². The summed E-state index contributed by atoms with van der Waals surface area (Å²) in [5.74, 6) is -0.582. The average Bonchev–Trinajstić information content (AvgIpc) is 3.53. The Hall–Kier alpha value is -4.22. The topological polar surface area (TPSA) is 72.8 Å². The maximum atomic E-state index is 12.4. The molecule has 0 saturated heterocycles. The minimum atomic E-state index is -0.780. The van der Waals surface area contributed by atoms with Crippen molar-refractivity contribution in [3.63, 3.8) is 0 Å². The van der Waals surface area contributed by atoms with Crippen LogP contribution in [0, 0.1) is 0 Å². The zero-order chi connectivity index (χ0) is 61.9. The largest absolute Gasteiger partial charge is 0.462 e. The van der Waals surface area contributed by atoms with Crippen LogP contribution in [0.5, 0.6) is 0 Å². The van der Waals surface area contributed by atoms with E-state index in [1.54, 1.807) is 0 Å². The Balaban J connectivity index is 3.46. The molecule has 0 aliphatic carbocycles. The normalized spacial score (nSPS) is 13.1. The summed E-state index contributed by atoms with van der Waals surface area (Å²) in [5.41, 5.74) is 0. The lowest BCUT2D eigenvalue weighted by atomic mass is 10.0. The van der Waals surface area contributed by atoms with Gasteiger partial charge in [0, 0.05) is 12.8 Å². The van der Waals surface area contributed by atoms with Crippen LogP contribution in [0.15, 0.2) is 146 Å². The molecule has 5 heteroatoms. The first-order valence-corrected chi connectivity index (χ1v) is 36.4. The van der Waals surface area contributed by atoms with E-state index in [1.165, 1.54) is 193 Å². The van der Waals surface area contributed by atoms with Crippen molar-refractivity contribution >= 4 is 11.9 Å². The molecule has 490 valence electrons.